The highest BCUT2D eigenvalue weighted by atomic mass is 35.5. The number of nitrogens with two attached hydrogens (primary N) is 1. The van der Waals surface area contributed by atoms with Gasteiger partial charge in [0.1, 0.15) is 18.2 Å². The largest absolute Gasteiger partial charge is 0.487 e. The summed E-state index contributed by atoms with van der Waals surface area (Å²) in [4.78, 5) is 4.10. The van der Waals surface area contributed by atoms with Crippen molar-refractivity contribution in [2.45, 2.75) is 27.4 Å². The number of hydrogen-bond acceptors (Lipinski definition) is 2. The standard InChI is InChI=1S/C15H14ClFN2O.C2H6/c1-10(18)19-13-5-6-15(14(16)8-13)20-9-11-3-2-4-12(17)7-11;1-2/h2-8H,9H2,1H3,(H2,18,19);1-2H3. The van der Waals surface area contributed by atoms with Gasteiger partial charge in [-0.25, -0.2) is 9.38 Å². The molecule has 0 atom stereocenters. The molecule has 0 saturated carbocycles. The molecule has 0 saturated heterocycles. The number of amidine groups is 1. The maximum Gasteiger partial charge on any atom is 0.138 e. The van der Waals surface area contributed by atoms with E-state index in [1.165, 1.54) is 12.1 Å². The summed E-state index contributed by atoms with van der Waals surface area (Å²) in [5.41, 5.74) is 6.90. The molecule has 2 aromatic rings. The number of aliphatic imine (C=N–C) groups is 1. The topological polar surface area (TPSA) is 47.6 Å². The van der Waals surface area contributed by atoms with Crippen LogP contribution in [0.15, 0.2) is 47.5 Å². The normalized spacial score (nSPS) is 10.7. The first-order valence-corrected chi connectivity index (χ1v) is 7.40. The number of hydrogen-bond donors (Lipinski definition) is 1. The van der Waals surface area contributed by atoms with Crippen LogP contribution in [-0.4, -0.2) is 5.84 Å². The molecule has 22 heavy (non-hydrogen) atoms. The zero-order valence-corrected chi connectivity index (χ0v) is 13.7. The maximum atomic E-state index is 13.0. The summed E-state index contributed by atoms with van der Waals surface area (Å²) in [6.45, 7) is 5.94. The van der Waals surface area contributed by atoms with E-state index in [4.69, 9.17) is 22.1 Å². The molecule has 2 N–H and O–H groups in total. The van der Waals surface area contributed by atoms with Gasteiger partial charge in [0, 0.05) is 0 Å². The van der Waals surface area contributed by atoms with Crippen LogP contribution in [0, 0.1) is 5.82 Å². The van der Waals surface area contributed by atoms with E-state index < -0.39 is 0 Å². The number of benzene rings is 2. The fraction of sp³-hybridized carbons (Fsp3) is 0.235. The molecule has 0 radical (unpaired) electrons. The molecular formula is C17H20ClFN2O. The Labute approximate surface area is 135 Å². The second kappa shape index (κ2) is 9.05. The van der Waals surface area contributed by atoms with Crippen molar-refractivity contribution in [1.29, 1.82) is 0 Å². The van der Waals surface area contributed by atoms with Gasteiger partial charge in [0.2, 0.25) is 0 Å². The Hall–Kier alpha value is -2.07. The van der Waals surface area contributed by atoms with Crippen LogP contribution in [0.2, 0.25) is 5.02 Å². The van der Waals surface area contributed by atoms with Crippen LogP contribution in [-0.2, 0) is 6.61 Å². The third-order valence-corrected chi connectivity index (χ3v) is 2.80. The molecule has 5 heteroatoms. The molecule has 0 aliphatic heterocycles. The van der Waals surface area contributed by atoms with Gasteiger partial charge in [-0.15, -0.1) is 0 Å². The highest BCUT2D eigenvalue weighted by Gasteiger charge is 2.04. The number of ether oxygens (including phenoxy) is 1. The van der Waals surface area contributed by atoms with Crippen molar-refractivity contribution in [3.8, 4) is 5.75 Å². The highest BCUT2D eigenvalue weighted by molar-refractivity contribution is 6.32. The molecule has 2 rings (SSSR count). The van der Waals surface area contributed by atoms with Gasteiger partial charge < -0.3 is 10.5 Å². The predicted octanol–water partition coefficient (Wildman–Crippen LogP) is 5.09. The molecule has 118 valence electrons. The summed E-state index contributed by atoms with van der Waals surface area (Å²) in [5, 5.41) is 0.434. The SMILES string of the molecule is CC.CC(N)=Nc1ccc(OCc2cccc(F)c2)c(Cl)c1. The second-order valence-corrected chi connectivity index (χ2v) is 4.69. The Balaban J connectivity index is 0.00000116. The van der Waals surface area contributed by atoms with Crippen molar-refractivity contribution < 1.29 is 9.13 Å². The van der Waals surface area contributed by atoms with Crippen LogP contribution < -0.4 is 10.5 Å². The summed E-state index contributed by atoms with van der Waals surface area (Å²) < 4.78 is 18.6. The molecule has 0 aliphatic rings. The Morgan fingerprint density at radius 1 is 1.23 bits per heavy atom. The van der Waals surface area contributed by atoms with E-state index in [0.29, 0.717) is 22.3 Å². The van der Waals surface area contributed by atoms with Crippen molar-refractivity contribution >= 4 is 23.1 Å². The zero-order valence-electron chi connectivity index (χ0n) is 12.9. The molecule has 0 heterocycles. The molecule has 0 bridgehead atoms. The van der Waals surface area contributed by atoms with Gasteiger partial charge >= 0.3 is 0 Å². The third kappa shape index (κ3) is 5.74. The van der Waals surface area contributed by atoms with Gasteiger partial charge in [0.25, 0.3) is 0 Å². The van der Waals surface area contributed by atoms with Crippen molar-refractivity contribution in [2.75, 3.05) is 0 Å². The van der Waals surface area contributed by atoms with Gasteiger partial charge in [-0.2, -0.15) is 0 Å². The van der Waals surface area contributed by atoms with Gasteiger partial charge in [-0.3, -0.25) is 0 Å². The summed E-state index contributed by atoms with van der Waals surface area (Å²) in [6.07, 6.45) is 0. The van der Waals surface area contributed by atoms with E-state index in [2.05, 4.69) is 4.99 Å². The molecule has 0 aromatic heterocycles. The number of rotatable bonds is 4. The summed E-state index contributed by atoms with van der Waals surface area (Å²) in [6, 6.07) is 11.4. The fourth-order valence-electron chi connectivity index (χ4n) is 1.67. The van der Waals surface area contributed by atoms with E-state index in [1.54, 1.807) is 37.3 Å². The monoisotopic (exact) mass is 322 g/mol. The molecule has 3 nitrogen and oxygen atoms in total. The van der Waals surface area contributed by atoms with Crippen LogP contribution in [0.1, 0.15) is 26.3 Å². The Morgan fingerprint density at radius 2 is 1.95 bits per heavy atom. The Kier molecular flexibility index (Phi) is 7.40. The summed E-state index contributed by atoms with van der Waals surface area (Å²) >= 11 is 6.10. The molecule has 2 aromatic carbocycles. The van der Waals surface area contributed by atoms with E-state index in [1.807, 2.05) is 13.8 Å². The molecule has 0 fully saturated rings. The average molecular weight is 323 g/mol. The lowest BCUT2D eigenvalue weighted by Gasteiger charge is -2.08. The maximum absolute atomic E-state index is 13.0. The quantitative estimate of drug-likeness (QED) is 0.629. The van der Waals surface area contributed by atoms with Crippen LogP contribution >= 0.6 is 11.6 Å². The van der Waals surface area contributed by atoms with Crippen molar-refractivity contribution in [3.63, 3.8) is 0 Å². The van der Waals surface area contributed by atoms with E-state index >= 15 is 0 Å². The van der Waals surface area contributed by atoms with Gasteiger partial charge in [-0.1, -0.05) is 37.6 Å². The van der Waals surface area contributed by atoms with E-state index in [-0.39, 0.29) is 12.4 Å². The molecular weight excluding hydrogens is 303 g/mol. The fourth-order valence-corrected chi connectivity index (χ4v) is 1.90. The number of nitrogens with zero attached hydrogens (tertiary/aromatic N) is 1. The molecule has 0 spiro atoms. The highest BCUT2D eigenvalue weighted by Crippen LogP contribution is 2.29. The lowest BCUT2D eigenvalue weighted by Crippen LogP contribution is -2.03. The minimum absolute atomic E-state index is 0.246. The molecule has 0 amide bonds. The Bertz CT molecular complexity index is 640. The smallest absolute Gasteiger partial charge is 0.138 e. The van der Waals surface area contributed by atoms with Crippen molar-refractivity contribution in [3.05, 3.63) is 58.9 Å². The van der Waals surface area contributed by atoms with Crippen LogP contribution in [0.25, 0.3) is 0 Å². The minimum Gasteiger partial charge on any atom is -0.487 e. The van der Waals surface area contributed by atoms with Gasteiger partial charge in [-0.05, 0) is 42.8 Å². The van der Waals surface area contributed by atoms with Crippen LogP contribution in [0.5, 0.6) is 5.75 Å². The first-order valence-electron chi connectivity index (χ1n) is 7.02. The zero-order chi connectivity index (χ0) is 16.5. The molecule has 0 unspecified atom stereocenters. The lowest BCUT2D eigenvalue weighted by molar-refractivity contribution is 0.306. The average Bonchev–Trinajstić information content (AvgIpc) is 2.48. The lowest BCUT2D eigenvalue weighted by atomic mass is 10.2. The van der Waals surface area contributed by atoms with E-state index in [0.717, 1.165) is 5.56 Å². The number of halogens is 2. The van der Waals surface area contributed by atoms with Crippen molar-refractivity contribution in [2.24, 2.45) is 10.7 Å². The van der Waals surface area contributed by atoms with Gasteiger partial charge in [0.15, 0.2) is 0 Å². The summed E-state index contributed by atoms with van der Waals surface area (Å²) in [7, 11) is 0. The first-order chi connectivity index (χ1) is 10.5. The van der Waals surface area contributed by atoms with Gasteiger partial charge in [0.05, 0.1) is 16.5 Å². The van der Waals surface area contributed by atoms with E-state index in [9.17, 15) is 4.39 Å². The molecule has 0 aliphatic carbocycles. The minimum atomic E-state index is -0.291. The van der Waals surface area contributed by atoms with Crippen LogP contribution in [0.3, 0.4) is 0 Å². The predicted molar refractivity (Wildman–Crippen MR) is 90.5 cm³/mol. The van der Waals surface area contributed by atoms with Crippen LogP contribution in [0.4, 0.5) is 10.1 Å². The second-order valence-electron chi connectivity index (χ2n) is 4.29. The third-order valence-electron chi connectivity index (χ3n) is 2.50. The first kappa shape index (κ1) is 18.0. The Morgan fingerprint density at radius 3 is 2.55 bits per heavy atom. The summed E-state index contributed by atoms with van der Waals surface area (Å²) in [5.74, 6) is 0.680. The van der Waals surface area contributed by atoms with Crippen molar-refractivity contribution in [1.82, 2.24) is 0 Å².